The van der Waals surface area contributed by atoms with Crippen LogP contribution in [0.2, 0.25) is 0 Å². The van der Waals surface area contributed by atoms with Gasteiger partial charge in [0.2, 0.25) is 0 Å². The third-order valence-corrected chi connectivity index (χ3v) is 4.53. The van der Waals surface area contributed by atoms with Gasteiger partial charge in [0.15, 0.2) is 0 Å². The highest BCUT2D eigenvalue weighted by Gasteiger charge is 2.20. The van der Waals surface area contributed by atoms with E-state index in [4.69, 9.17) is 11.0 Å². The van der Waals surface area contributed by atoms with Gasteiger partial charge in [-0.15, -0.1) is 22.7 Å². The summed E-state index contributed by atoms with van der Waals surface area (Å²) in [6.45, 7) is 0.611. The van der Waals surface area contributed by atoms with Gasteiger partial charge in [-0.3, -0.25) is 4.79 Å². The van der Waals surface area contributed by atoms with Crippen molar-refractivity contribution in [3.05, 3.63) is 32.8 Å². The molecule has 0 aliphatic rings. The fraction of sp³-hybridized carbons (Fsp3) is 0.167. The van der Waals surface area contributed by atoms with E-state index in [-0.39, 0.29) is 11.6 Å². The van der Waals surface area contributed by atoms with Crippen molar-refractivity contribution in [1.82, 2.24) is 5.32 Å². The number of nitrogen functional groups attached to an aromatic ring is 1. The van der Waals surface area contributed by atoms with Crippen molar-refractivity contribution < 1.29 is 4.79 Å². The molecule has 0 atom stereocenters. The molecule has 7 heteroatoms. The molecule has 2 aromatic rings. The molecule has 2 aromatic heterocycles. The molecule has 0 bridgehead atoms. The molecule has 0 fully saturated rings. The average Bonchev–Trinajstić information content (AvgIpc) is 3.03. The number of thiophene rings is 2. The summed E-state index contributed by atoms with van der Waals surface area (Å²) in [6.07, 6.45) is 0. The minimum Gasteiger partial charge on any atom is -0.396 e. The maximum atomic E-state index is 11.6. The molecule has 0 aliphatic heterocycles. The molecule has 0 spiro atoms. The number of amides is 1. The summed E-state index contributed by atoms with van der Waals surface area (Å²) >= 11 is 2.83. The lowest BCUT2D eigenvalue weighted by atomic mass is 10.2. The second-order valence-corrected chi connectivity index (χ2v) is 5.73. The number of carbonyl (C=O) groups excluding carboxylic acids is 1. The SMILES string of the molecule is CNC(=O)c1sc(NCc2cccs2)c(C#N)c1N. The van der Waals surface area contributed by atoms with Gasteiger partial charge >= 0.3 is 0 Å². The highest BCUT2D eigenvalue weighted by molar-refractivity contribution is 7.19. The van der Waals surface area contributed by atoms with Crippen molar-refractivity contribution in [2.45, 2.75) is 6.54 Å². The lowest BCUT2D eigenvalue weighted by Gasteiger charge is -2.01. The van der Waals surface area contributed by atoms with Crippen LogP contribution in [0.4, 0.5) is 10.7 Å². The number of nitrogens with two attached hydrogens (primary N) is 1. The molecule has 2 rings (SSSR count). The van der Waals surface area contributed by atoms with E-state index in [0.717, 1.165) is 4.88 Å². The predicted molar refractivity (Wildman–Crippen MR) is 78.5 cm³/mol. The van der Waals surface area contributed by atoms with E-state index in [0.29, 0.717) is 22.0 Å². The summed E-state index contributed by atoms with van der Waals surface area (Å²) < 4.78 is 0. The predicted octanol–water partition coefficient (Wildman–Crippen LogP) is 2.24. The van der Waals surface area contributed by atoms with Crippen LogP contribution >= 0.6 is 22.7 Å². The molecule has 98 valence electrons. The van der Waals surface area contributed by atoms with Gasteiger partial charge in [0.05, 0.1) is 12.2 Å². The first-order valence-corrected chi connectivity index (χ1v) is 7.17. The monoisotopic (exact) mass is 292 g/mol. The van der Waals surface area contributed by atoms with Crippen molar-refractivity contribution in [3.63, 3.8) is 0 Å². The van der Waals surface area contributed by atoms with Crippen molar-refractivity contribution in [1.29, 1.82) is 5.26 Å². The second kappa shape index (κ2) is 5.73. The van der Waals surface area contributed by atoms with Crippen LogP contribution in [0.1, 0.15) is 20.1 Å². The molecule has 2 heterocycles. The number of anilines is 2. The maximum Gasteiger partial charge on any atom is 0.263 e. The van der Waals surface area contributed by atoms with Gasteiger partial charge in [-0.05, 0) is 11.4 Å². The molecule has 0 unspecified atom stereocenters. The van der Waals surface area contributed by atoms with Gasteiger partial charge in [-0.1, -0.05) is 6.07 Å². The zero-order valence-corrected chi connectivity index (χ0v) is 11.8. The Morgan fingerprint density at radius 1 is 1.58 bits per heavy atom. The largest absolute Gasteiger partial charge is 0.396 e. The Labute approximate surface area is 118 Å². The molecule has 0 radical (unpaired) electrons. The van der Waals surface area contributed by atoms with E-state index in [1.165, 1.54) is 18.4 Å². The van der Waals surface area contributed by atoms with Gasteiger partial charge in [-0.2, -0.15) is 5.26 Å². The molecule has 0 aliphatic carbocycles. The van der Waals surface area contributed by atoms with Gasteiger partial charge in [0.1, 0.15) is 21.5 Å². The number of hydrogen-bond acceptors (Lipinski definition) is 6. The van der Waals surface area contributed by atoms with Crippen LogP contribution in [0, 0.1) is 11.3 Å². The molecule has 19 heavy (non-hydrogen) atoms. The fourth-order valence-electron chi connectivity index (χ4n) is 1.54. The van der Waals surface area contributed by atoms with E-state index >= 15 is 0 Å². The number of nitrogens with one attached hydrogen (secondary N) is 2. The zero-order valence-electron chi connectivity index (χ0n) is 10.2. The third kappa shape index (κ3) is 2.70. The standard InChI is InChI=1S/C12H12N4OS2/c1-15-11(17)10-9(14)8(5-13)12(19-10)16-6-7-3-2-4-18-7/h2-4,16H,6,14H2,1H3,(H,15,17). The number of nitrogens with zero attached hydrogens (tertiary/aromatic N) is 1. The van der Waals surface area contributed by atoms with E-state index in [9.17, 15) is 4.79 Å². The molecule has 0 saturated carbocycles. The van der Waals surface area contributed by atoms with Crippen molar-refractivity contribution in [3.8, 4) is 6.07 Å². The Morgan fingerprint density at radius 3 is 2.95 bits per heavy atom. The summed E-state index contributed by atoms with van der Waals surface area (Å²) in [4.78, 5) is 13.2. The second-order valence-electron chi connectivity index (χ2n) is 3.67. The highest BCUT2D eigenvalue weighted by Crippen LogP contribution is 2.35. The minimum atomic E-state index is -0.275. The van der Waals surface area contributed by atoms with E-state index in [1.54, 1.807) is 11.3 Å². The van der Waals surface area contributed by atoms with E-state index in [1.807, 2.05) is 23.6 Å². The molecular formula is C12H12N4OS2. The third-order valence-electron chi connectivity index (χ3n) is 2.49. The quantitative estimate of drug-likeness (QED) is 0.806. The summed E-state index contributed by atoms with van der Waals surface area (Å²) in [5.41, 5.74) is 6.40. The molecule has 0 aromatic carbocycles. The maximum absolute atomic E-state index is 11.6. The molecular weight excluding hydrogens is 280 g/mol. The van der Waals surface area contributed by atoms with Crippen molar-refractivity contribution in [2.24, 2.45) is 0 Å². The Kier molecular flexibility index (Phi) is 4.04. The van der Waals surface area contributed by atoms with Gasteiger partial charge in [-0.25, -0.2) is 0 Å². The van der Waals surface area contributed by atoms with E-state index in [2.05, 4.69) is 10.6 Å². The Balaban J connectivity index is 2.25. The summed E-state index contributed by atoms with van der Waals surface area (Å²) in [6, 6.07) is 6.00. The molecule has 0 saturated heterocycles. The average molecular weight is 292 g/mol. The Hall–Kier alpha value is -2.04. The minimum absolute atomic E-state index is 0.237. The topological polar surface area (TPSA) is 90.9 Å². The number of rotatable bonds is 4. The first-order valence-electron chi connectivity index (χ1n) is 5.48. The van der Waals surface area contributed by atoms with Gasteiger partial charge < -0.3 is 16.4 Å². The van der Waals surface area contributed by atoms with E-state index < -0.39 is 0 Å². The van der Waals surface area contributed by atoms with Crippen LogP contribution in [-0.2, 0) is 6.54 Å². The lowest BCUT2D eigenvalue weighted by molar-refractivity contribution is 0.0968. The van der Waals surface area contributed by atoms with Crippen LogP contribution in [0.5, 0.6) is 0 Å². The number of hydrogen-bond donors (Lipinski definition) is 3. The molecule has 4 N–H and O–H groups in total. The summed E-state index contributed by atoms with van der Waals surface area (Å²) in [7, 11) is 1.53. The van der Waals surface area contributed by atoms with Crippen molar-refractivity contribution in [2.75, 3.05) is 18.1 Å². The molecule has 1 amide bonds. The van der Waals surface area contributed by atoms with Crippen LogP contribution < -0.4 is 16.4 Å². The van der Waals surface area contributed by atoms with Crippen LogP contribution in [0.3, 0.4) is 0 Å². The highest BCUT2D eigenvalue weighted by atomic mass is 32.1. The number of carbonyl (C=O) groups is 1. The first-order chi connectivity index (χ1) is 9.17. The molecule has 5 nitrogen and oxygen atoms in total. The normalized spacial score (nSPS) is 9.89. The van der Waals surface area contributed by atoms with Crippen LogP contribution in [0.25, 0.3) is 0 Å². The fourth-order valence-corrected chi connectivity index (χ4v) is 3.20. The smallest absolute Gasteiger partial charge is 0.263 e. The summed E-state index contributed by atoms with van der Waals surface area (Å²) in [5.74, 6) is -0.275. The van der Waals surface area contributed by atoms with Gasteiger partial charge in [0, 0.05) is 11.9 Å². The lowest BCUT2D eigenvalue weighted by Crippen LogP contribution is -2.17. The van der Waals surface area contributed by atoms with Crippen LogP contribution in [0.15, 0.2) is 17.5 Å². The van der Waals surface area contributed by atoms with Crippen molar-refractivity contribution >= 4 is 39.3 Å². The Bertz CT molecular complexity index is 625. The zero-order chi connectivity index (χ0) is 13.8. The summed E-state index contributed by atoms with van der Waals surface area (Å²) in [5, 5.41) is 17.4. The Morgan fingerprint density at radius 2 is 2.37 bits per heavy atom. The van der Waals surface area contributed by atoms with Gasteiger partial charge in [0.25, 0.3) is 5.91 Å². The number of nitriles is 1. The first kappa shape index (κ1) is 13.4. The van der Waals surface area contributed by atoms with Crippen LogP contribution in [-0.4, -0.2) is 13.0 Å².